The molecule has 2 saturated heterocycles. The zero-order valence-corrected chi connectivity index (χ0v) is 17.0. The third kappa shape index (κ3) is 4.37. The molecule has 1 aromatic carbocycles. The van der Waals surface area contributed by atoms with Crippen LogP contribution >= 0.6 is 11.3 Å². The number of rotatable bonds is 6. The van der Waals surface area contributed by atoms with E-state index in [9.17, 15) is 17.6 Å². The second-order valence-corrected chi connectivity index (χ2v) is 9.58. The number of hydrogen-bond acceptors (Lipinski definition) is 7. The standard InChI is InChI=1S/C18H20FN3O5S2/c19-15-10-13(3-4-16(15)21-5-7-26-8-6-21)22-12-14(27-18(22)23)11-20-29(24,25)17-2-1-9-28-17/h1-4,9-10,14,20H,5-8,11-12H2/t14-/m0/s1. The van der Waals surface area contributed by atoms with E-state index in [1.807, 2.05) is 4.90 Å². The topological polar surface area (TPSA) is 88.2 Å². The fourth-order valence-corrected chi connectivity index (χ4v) is 5.36. The van der Waals surface area contributed by atoms with Crippen molar-refractivity contribution in [2.45, 2.75) is 10.3 Å². The molecule has 8 nitrogen and oxygen atoms in total. The van der Waals surface area contributed by atoms with Crippen molar-refractivity contribution in [3.8, 4) is 0 Å². The summed E-state index contributed by atoms with van der Waals surface area (Å²) in [7, 11) is -3.65. The number of halogens is 1. The van der Waals surface area contributed by atoms with E-state index < -0.39 is 28.0 Å². The lowest BCUT2D eigenvalue weighted by Crippen LogP contribution is -2.37. The number of nitrogens with one attached hydrogen (secondary N) is 1. The Balaban J connectivity index is 1.41. The molecule has 1 amide bonds. The van der Waals surface area contributed by atoms with Crippen LogP contribution in [0.4, 0.5) is 20.6 Å². The molecule has 2 aliphatic rings. The van der Waals surface area contributed by atoms with Crippen LogP contribution in [0.15, 0.2) is 39.9 Å². The molecule has 0 aliphatic carbocycles. The molecule has 1 N–H and O–H groups in total. The molecule has 156 valence electrons. The summed E-state index contributed by atoms with van der Waals surface area (Å²) in [4.78, 5) is 15.4. The summed E-state index contributed by atoms with van der Waals surface area (Å²) in [5.74, 6) is -0.431. The molecule has 4 rings (SSSR count). The third-order valence-corrected chi connectivity index (χ3v) is 7.55. The lowest BCUT2D eigenvalue weighted by molar-refractivity contribution is 0.122. The fourth-order valence-electron chi connectivity index (χ4n) is 3.25. The molecule has 3 heterocycles. The SMILES string of the molecule is O=C1O[C@@H](CNS(=O)(=O)c2cccs2)CN1c1ccc(N2CCOCC2)c(F)c1. The average Bonchev–Trinajstić information content (AvgIpc) is 3.37. The Morgan fingerprint density at radius 3 is 2.72 bits per heavy atom. The number of carbonyl (C=O) groups is 1. The summed E-state index contributed by atoms with van der Waals surface area (Å²) in [6.07, 6.45) is -1.30. The number of hydrogen-bond donors (Lipinski definition) is 1. The van der Waals surface area contributed by atoms with E-state index in [4.69, 9.17) is 9.47 Å². The van der Waals surface area contributed by atoms with Gasteiger partial charge in [-0.05, 0) is 29.6 Å². The van der Waals surface area contributed by atoms with Crippen LogP contribution in [0.5, 0.6) is 0 Å². The zero-order chi connectivity index (χ0) is 20.4. The summed E-state index contributed by atoms with van der Waals surface area (Å²) in [5, 5.41) is 1.67. The maximum Gasteiger partial charge on any atom is 0.414 e. The Kier molecular flexibility index (Phi) is 5.72. The first-order valence-electron chi connectivity index (χ1n) is 9.07. The highest BCUT2D eigenvalue weighted by Crippen LogP contribution is 2.28. The number of benzene rings is 1. The molecule has 0 bridgehead atoms. The second-order valence-electron chi connectivity index (χ2n) is 6.64. The van der Waals surface area contributed by atoms with Crippen LogP contribution in [0.25, 0.3) is 0 Å². The summed E-state index contributed by atoms with van der Waals surface area (Å²) in [6, 6.07) is 7.73. The molecule has 0 saturated carbocycles. The van der Waals surface area contributed by atoms with Gasteiger partial charge in [-0.1, -0.05) is 6.07 Å². The van der Waals surface area contributed by atoms with Crippen molar-refractivity contribution >= 4 is 38.8 Å². The predicted octanol–water partition coefficient (Wildman–Crippen LogP) is 2.03. The first kappa shape index (κ1) is 20.1. The van der Waals surface area contributed by atoms with Gasteiger partial charge in [0, 0.05) is 19.6 Å². The van der Waals surface area contributed by atoms with Crippen molar-refractivity contribution in [2.75, 3.05) is 49.2 Å². The van der Waals surface area contributed by atoms with E-state index in [0.29, 0.717) is 37.7 Å². The normalized spacial score (nSPS) is 20.2. The van der Waals surface area contributed by atoms with Gasteiger partial charge in [-0.3, -0.25) is 4.90 Å². The minimum atomic E-state index is -3.65. The summed E-state index contributed by atoms with van der Waals surface area (Å²) >= 11 is 1.10. The Hall–Kier alpha value is -2.21. The smallest absolute Gasteiger partial charge is 0.414 e. The Morgan fingerprint density at radius 2 is 2.03 bits per heavy atom. The summed E-state index contributed by atoms with van der Waals surface area (Å²) < 4.78 is 52.2. The van der Waals surface area contributed by atoms with Crippen LogP contribution in [0.1, 0.15) is 0 Å². The summed E-state index contributed by atoms with van der Waals surface area (Å²) in [5.41, 5.74) is 0.831. The van der Waals surface area contributed by atoms with Crippen LogP contribution in [0.2, 0.25) is 0 Å². The maximum absolute atomic E-state index is 14.6. The van der Waals surface area contributed by atoms with Crippen molar-refractivity contribution in [3.63, 3.8) is 0 Å². The number of morpholine rings is 1. The van der Waals surface area contributed by atoms with Crippen molar-refractivity contribution in [3.05, 3.63) is 41.5 Å². The number of anilines is 2. The minimum absolute atomic E-state index is 0.0587. The van der Waals surface area contributed by atoms with Gasteiger partial charge in [0.05, 0.1) is 31.1 Å². The first-order chi connectivity index (χ1) is 13.9. The lowest BCUT2D eigenvalue weighted by Gasteiger charge is -2.29. The van der Waals surface area contributed by atoms with Gasteiger partial charge in [-0.25, -0.2) is 22.3 Å². The van der Waals surface area contributed by atoms with Crippen molar-refractivity contribution in [2.24, 2.45) is 0 Å². The molecule has 0 spiro atoms. The van der Waals surface area contributed by atoms with Gasteiger partial charge in [0.1, 0.15) is 16.1 Å². The van der Waals surface area contributed by atoms with Gasteiger partial charge in [0.25, 0.3) is 0 Å². The van der Waals surface area contributed by atoms with Crippen LogP contribution in [0, 0.1) is 5.82 Å². The number of cyclic esters (lactones) is 1. The Morgan fingerprint density at radius 1 is 1.24 bits per heavy atom. The molecule has 0 radical (unpaired) electrons. The van der Waals surface area contributed by atoms with Gasteiger partial charge in [0.15, 0.2) is 0 Å². The largest absolute Gasteiger partial charge is 0.443 e. The molecule has 2 aromatic rings. The molecule has 2 aliphatic heterocycles. The van der Waals surface area contributed by atoms with Crippen molar-refractivity contribution in [1.29, 1.82) is 0 Å². The molecular weight excluding hydrogens is 421 g/mol. The number of carbonyl (C=O) groups excluding carboxylic acids is 1. The number of ether oxygens (including phenoxy) is 2. The highest BCUT2D eigenvalue weighted by Gasteiger charge is 2.34. The average molecular weight is 442 g/mol. The molecule has 1 aromatic heterocycles. The van der Waals surface area contributed by atoms with E-state index in [0.717, 1.165) is 11.3 Å². The third-order valence-electron chi connectivity index (χ3n) is 4.73. The summed E-state index contributed by atoms with van der Waals surface area (Å²) in [6.45, 7) is 2.37. The molecule has 29 heavy (non-hydrogen) atoms. The molecule has 11 heteroatoms. The minimum Gasteiger partial charge on any atom is -0.443 e. The van der Waals surface area contributed by atoms with E-state index in [1.165, 1.54) is 17.0 Å². The molecule has 2 fully saturated rings. The molecular formula is C18H20FN3O5S2. The second kappa shape index (κ2) is 8.27. The monoisotopic (exact) mass is 441 g/mol. The highest BCUT2D eigenvalue weighted by molar-refractivity contribution is 7.91. The van der Waals surface area contributed by atoms with E-state index in [1.54, 1.807) is 23.6 Å². The molecule has 1 atom stereocenters. The maximum atomic E-state index is 14.6. The van der Waals surface area contributed by atoms with Crippen molar-refractivity contribution in [1.82, 2.24) is 4.72 Å². The predicted molar refractivity (Wildman–Crippen MR) is 107 cm³/mol. The number of amides is 1. The first-order valence-corrected chi connectivity index (χ1v) is 11.4. The van der Waals surface area contributed by atoms with Gasteiger partial charge < -0.3 is 14.4 Å². The Bertz CT molecular complexity index is 977. The highest BCUT2D eigenvalue weighted by atomic mass is 32.2. The number of sulfonamides is 1. The van der Waals surface area contributed by atoms with Gasteiger partial charge >= 0.3 is 6.09 Å². The van der Waals surface area contributed by atoms with Gasteiger partial charge in [0.2, 0.25) is 10.0 Å². The van der Waals surface area contributed by atoms with E-state index in [-0.39, 0.29) is 17.3 Å². The van der Waals surface area contributed by atoms with Crippen LogP contribution in [-0.4, -0.2) is 60.0 Å². The van der Waals surface area contributed by atoms with Gasteiger partial charge in [-0.2, -0.15) is 0 Å². The van der Waals surface area contributed by atoms with Gasteiger partial charge in [-0.15, -0.1) is 11.3 Å². The van der Waals surface area contributed by atoms with Crippen LogP contribution in [0.3, 0.4) is 0 Å². The quantitative estimate of drug-likeness (QED) is 0.738. The lowest BCUT2D eigenvalue weighted by atomic mass is 10.2. The fraction of sp³-hybridized carbons (Fsp3) is 0.389. The van der Waals surface area contributed by atoms with E-state index >= 15 is 0 Å². The number of nitrogens with zero attached hydrogens (tertiary/aromatic N) is 2. The van der Waals surface area contributed by atoms with E-state index in [2.05, 4.69) is 4.72 Å². The number of thiophene rings is 1. The van der Waals surface area contributed by atoms with Crippen LogP contribution < -0.4 is 14.5 Å². The van der Waals surface area contributed by atoms with Crippen molar-refractivity contribution < 1.29 is 27.1 Å². The Labute approximate surface area is 171 Å². The zero-order valence-electron chi connectivity index (χ0n) is 15.4. The van der Waals surface area contributed by atoms with Crippen LogP contribution in [-0.2, 0) is 19.5 Å². The molecule has 0 unspecified atom stereocenters.